The van der Waals surface area contributed by atoms with Crippen molar-refractivity contribution >= 4 is 22.0 Å². The highest BCUT2D eigenvalue weighted by Gasteiger charge is 2.17. The van der Waals surface area contributed by atoms with Crippen molar-refractivity contribution in [3.8, 4) is 0 Å². The normalized spacial score (nSPS) is 11.0. The Morgan fingerprint density at radius 1 is 1.05 bits per heavy atom. The van der Waals surface area contributed by atoms with Gasteiger partial charge in [-0.2, -0.15) is 0 Å². The van der Waals surface area contributed by atoms with Crippen molar-refractivity contribution < 1.29 is 13.2 Å². The smallest absolute Gasteiger partial charge is 0.275 e. The molecule has 8 heteroatoms. The first-order valence-electron chi connectivity index (χ1n) is 6.08. The Kier molecular flexibility index (Phi) is 4.18. The van der Waals surface area contributed by atoms with Crippen molar-refractivity contribution in [1.29, 1.82) is 0 Å². The molecule has 0 fully saturated rings. The van der Waals surface area contributed by atoms with Crippen LogP contribution < -0.4 is 10.0 Å². The molecule has 0 aliphatic rings. The lowest BCUT2D eigenvalue weighted by molar-refractivity contribution is 0.256. The van der Waals surface area contributed by atoms with Crippen LogP contribution in [0.2, 0.25) is 0 Å². The van der Waals surface area contributed by atoms with Gasteiger partial charge in [0.2, 0.25) is 5.95 Å². The maximum atomic E-state index is 12.0. The molecule has 0 unspecified atom stereocenters. The van der Waals surface area contributed by atoms with Gasteiger partial charge in [0.1, 0.15) is 0 Å². The molecule has 7 nitrogen and oxygen atoms in total. The van der Waals surface area contributed by atoms with Gasteiger partial charge < -0.3 is 0 Å². The number of hydrogen-bond acceptors (Lipinski definition) is 5. The van der Waals surface area contributed by atoms with Gasteiger partial charge in [0.05, 0.1) is 4.90 Å². The fourth-order valence-corrected chi connectivity index (χ4v) is 2.62. The van der Waals surface area contributed by atoms with Crippen molar-refractivity contribution in [1.82, 2.24) is 14.7 Å². The monoisotopic (exact) mass is 306 g/mol. The molecule has 0 radical (unpaired) electrons. The van der Waals surface area contributed by atoms with Crippen LogP contribution in [-0.4, -0.2) is 24.4 Å². The van der Waals surface area contributed by atoms with E-state index in [0.29, 0.717) is 11.4 Å². The van der Waals surface area contributed by atoms with Gasteiger partial charge >= 0.3 is 6.03 Å². The van der Waals surface area contributed by atoms with Crippen LogP contribution in [0.1, 0.15) is 11.4 Å². The molecule has 21 heavy (non-hydrogen) atoms. The van der Waals surface area contributed by atoms with E-state index >= 15 is 0 Å². The van der Waals surface area contributed by atoms with E-state index in [2.05, 4.69) is 15.3 Å². The third-order valence-electron chi connectivity index (χ3n) is 2.49. The number of sulfonamides is 1. The summed E-state index contributed by atoms with van der Waals surface area (Å²) < 4.78 is 25.8. The number of anilines is 1. The Bertz CT molecular complexity index is 740. The molecular weight excluding hydrogens is 292 g/mol. The number of aromatic nitrogens is 2. The average Bonchev–Trinajstić information content (AvgIpc) is 2.37. The summed E-state index contributed by atoms with van der Waals surface area (Å²) in [5.41, 5.74) is 1.34. The van der Waals surface area contributed by atoms with Gasteiger partial charge in [-0.05, 0) is 32.0 Å². The predicted octanol–water partition coefficient (Wildman–Crippen LogP) is 1.60. The highest BCUT2D eigenvalue weighted by atomic mass is 32.2. The van der Waals surface area contributed by atoms with Crippen molar-refractivity contribution in [3.63, 3.8) is 0 Å². The number of nitrogens with one attached hydrogen (secondary N) is 2. The Hall–Kier alpha value is -2.48. The van der Waals surface area contributed by atoms with Gasteiger partial charge in [0.15, 0.2) is 0 Å². The summed E-state index contributed by atoms with van der Waals surface area (Å²) in [6.45, 7) is 3.50. The fraction of sp³-hybridized carbons (Fsp3) is 0.154. The van der Waals surface area contributed by atoms with Crippen LogP contribution in [0.15, 0.2) is 41.3 Å². The lowest BCUT2D eigenvalue weighted by atomic mass is 10.4. The molecule has 0 atom stereocenters. The number of benzene rings is 1. The quantitative estimate of drug-likeness (QED) is 0.897. The van der Waals surface area contributed by atoms with Crippen LogP contribution >= 0.6 is 0 Å². The molecule has 2 amide bonds. The number of hydrogen-bond donors (Lipinski definition) is 2. The van der Waals surface area contributed by atoms with Crippen LogP contribution in [0, 0.1) is 13.8 Å². The average molecular weight is 306 g/mol. The van der Waals surface area contributed by atoms with Crippen LogP contribution in [0.25, 0.3) is 0 Å². The molecule has 1 heterocycles. The van der Waals surface area contributed by atoms with Gasteiger partial charge in [-0.25, -0.2) is 27.9 Å². The molecule has 0 saturated heterocycles. The first kappa shape index (κ1) is 14.9. The van der Waals surface area contributed by atoms with E-state index in [0.717, 1.165) is 0 Å². The summed E-state index contributed by atoms with van der Waals surface area (Å²) in [5.74, 6) is 0.0493. The molecule has 0 saturated carbocycles. The third kappa shape index (κ3) is 3.99. The second kappa shape index (κ2) is 5.88. The maximum absolute atomic E-state index is 12.0. The van der Waals surface area contributed by atoms with Gasteiger partial charge in [-0.1, -0.05) is 18.2 Å². The summed E-state index contributed by atoms with van der Waals surface area (Å²) in [4.78, 5) is 19.7. The molecule has 1 aromatic carbocycles. The van der Waals surface area contributed by atoms with Crippen LogP contribution in [0.5, 0.6) is 0 Å². The van der Waals surface area contributed by atoms with Crippen molar-refractivity contribution in [3.05, 3.63) is 47.8 Å². The Morgan fingerprint density at radius 2 is 1.62 bits per heavy atom. The SMILES string of the molecule is Cc1cc(C)nc(NC(=O)NS(=O)(=O)c2ccccc2)n1. The zero-order chi connectivity index (χ0) is 15.5. The fourth-order valence-electron chi connectivity index (χ4n) is 1.69. The predicted molar refractivity (Wildman–Crippen MR) is 77.3 cm³/mol. The number of urea groups is 1. The minimum atomic E-state index is -3.92. The number of carbonyl (C=O) groups is 1. The van der Waals surface area contributed by atoms with Crippen LogP contribution in [0.3, 0.4) is 0 Å². The van der Waals surface area contributed by atoms with Crippen molar-refractivity contribution in [2.45, 2.75) is 18.7 Å². The van der Waals surface area contributed by atoms with E-state index in [-0.39, 0.29) is 10.8 Å². The lowest BCUT2D eigenvalue weighted by Crippen LogP contribution is -2.34. The van der Waals surface area contributed by atoms with Gasteiger partial charge in [0.25, 0.3) is 10.0 Å². The molecular formula is C13H14N4O3S. The van der Waals surface area contributed by atoms with Crippen LogP contribution in [0.4, 0.5) is 10.7 Å². The third-order valence-corrected chi connectivity index (χ3v) is 3.84. The molecule has 0 spiro atoms. The highest BCUT2D eigenvalue weighted by Crippen LogP contribution is 2.08. The number of nitrogens with zero attached hydrogens (tertiary/aromatic N) is 2. The Morgan fingerprint density at radius 3 is 2.19 bits per heavy atom. The topological polar surface area (TPSA) is 101 Å². The van der Waals surface area contributed by atoms with Crippen molar-refractivity contribution in [2.75, 3.05) is 5.32 Å². The summed E-state index contributed by atoms with van der Waals surface area (Å²) >= 11 is 0. The van der Waals surface area contributed by atoms with Gasteiger partial charge in [-0.3, -0.25) is 5.32 Å². The van der Waals surface area contributed by atoms with Crippen LogP contribution in [-0.2, 0) is 10.0 Å². The molecule has 1 aromatic heterocycles. The second-order valence-electron chi connectivity index (χ2n) is 4.35. The molecule has 0 aliphatic carbocycles. The summed E-state index contributed by atoms with van der Waals surface area (Å²) in [6.07, 6.45) is 0. The number of amides is 2. The molecule has 2 aromatic rings. The lowest BCUT2D eigenvalue weighted by Gasteiger charge is -2.08. The molecule has 0 aliphatic heterocycles. The van der Waals surface area contributed by atoms with E-state index in [1.807, 2.05) is 4.72 Å². The maximum Gasteiger partial charge on any atom is 0.335 e. The minimum absolute atomic E-state index is 0.00138. The van der Waals surface area contributed by atoms with E-state index in [1.54, 1.807) is 38.1 Å². The second-order valence-corrected chi connectivity index (χ2v) is 6.03. The zero-order valence-corrected chi connectivity index (χ0v) is 12.3. The minimum Gasteiger partial charge on any atom is -0.275 e. The standard InChI is InChI=1S/C13H14N4O3S/c1-9-8-10(2)15-12(14-9)16-13(18)17-21(19,20)11-6-4-3-5-7-11/h3-8H,1-2H3,(H2,14,15,16,17,18). The number of rotatable bonds is 3. The molecule has 2 N–H and O–H groups in total. The summed E-state index contributed by atoms with van der Waals surface area (Å²) in [7, 11) is -3.92. The van der Waals surface area contributed by atoms with Gasteiger partial charge in [-0.15, -0.1) is 0 Å². The zero-order valence-electron chi connectivity index (χ0n) is 11.5. The van der Waals surface area contributed by atoms with Gasteiger partial charge in [0, 0.05) is 11.4 Å². The van der Waals surface area contributed by atoms with E-state index in [9.17, 15) is 13.2 Å². The first-order valence-corrected chi connectivity index (χ1v) is 7.56. The molecule has 110 valence electrons. The number of aryl methyl sites for hydroxylation is 2. The van der Waals surface area contributed by atoms with E-state index in [4.69, 9.17) is 0 Å². The summed E-state index contributed by atoms with van der Waals surface area (Å²) in [5, 5.41) is 2.30. The number of carbonyl (C=O) groups excluding carboxylic acids is 1. The largest absolute Gasteiger partial charge is 0.335 e. The highest BCUT2D eigenvalue weighted by molar-refractivity contribution is 7.90. The van der Waals surface area contributed by atoms with Crippen molar-refractivity contribution in [2.24, 2.45) is 0 Å². The Balaban J connectivity index is 2.11. The molecule has 2 rings (SSSR count). The molecule has 0 bridgehead atoms. The summed E-state index contributed by atoms with van der Waals surface area (Å²) in [6, 6.07) is 8.43. The first-order chi connectivity index (χ1) is 9.87. The Labute approximate surface area is 122 Å². The van der Waals surface area contributed by atoms with E-state index < -0.39 is 16.1 Å². The van der Waals surface area contributed by atoms with E-state index in [1.165, 1.54) is 12.1 Å².